The van der Waals surface area contributed by atoms with Crippen molar-refractivity contribution in [3.63, 3.8) is 0 Å². The molecule has 4 aromatic rings. The van der Waals surface area contributed by atoms with Crippen molar-refractivity contribution < 1.29 is 27.1 Å². The third-order valence-corrected chi connectivity index (χ3v) is 5.18. The second-order valence-corrected chi connectivity index (χ2v) is 7.34. The average Bonchev–Trinajstić information content (AvgIpc) is 3.45. The number of carbonyl (C=O) groups excluding carboxylic acids is 1. The van der Waals surface area contributed by atoms with Crippen LogP contribution in [0.2, 0.25) is 0 Å². The maximum Gasteiger partial charge on any atom is 0.271 e. The Hall–Kier alpha value is -3.59. The van der Waals surface area contributed by atoms with Gasteiger partial charge in [0.1, 0.15) is 34.6 Å². The molecule has 9 heteroatoms. The van der Waals surface area contributed by atoms with Gasteiger partial charge >= 0.3 is 0 Å². The molecule has 0 radical (unpaired) electrons. The lowest BCUT2D eigenvalue weighted by molar-refractivity contribution is 0.0944. The number of carbonyl (C=O) groups is 1. The molecule has 4 rings (SSSR count). The molecule has 2 aromatic heterocycles. The van der Waals surface area contributed by atoms with Gasteiger partial charge in [-0.1, -0.05) is 6.07 Å². The molecule has 0 saturated heterocycles. The number of halogens is 3. The molecule has 5 nitrogen and oxygen atoms in total. The van der Waals surface area contributed by atoms with Crippen LogP contribution in [0.5, 0.6) is 5.75 Å². The monoisotopic (exact) mass is 444 g/mol. The highest BCUT2D eigenvalue weighted by atomic mass is 32.1. The van der Waals surface area contributed by atoms with Gasteiger partial charge in [0.05, 0.1) is 12.8 Å². The Labute approximate surface area is 179 Å². The van der Waals surface area contributed by atoms with Gasteiger partial charge in [-0.2, -0.15) is 0 Å². The summed E-state index contributed by atoms with van der Waals surface area (Å²) in [5, 5.41) is 4.56. The van der Waals surface area contributed by atoms with Gasteiger partial charge in [0, 0.05) is 17.0 Å². The van der Waals surface area contributed by atoms with Gasteiger partial charge in [-0.25, -0.2) is 18.2 Å². The van der Waals surface area contributed by atoms with E-state index in [1.165, 1.54) is 30.5 Å². The first-order chi connectivity index (χ1) is 15.0. The fourth-order valence-electron chi connectivity index (χ4n) is 2.73. The minimum absolute atomic E-state index is 0.0484. The van der Waals surface area contributed by atoms with Gasteiger partial charge in [0.25, 0.3) is 5.91 Å². The molecule has 0 spiro atoms. The number of benzene rings is 2. The summed E-state index contributed by atoms with van der Waals surface area (Å²) >= 11 is 1.13. The number of thiazole rings is 1. The Bertz CT molecular complexity index is 1210. The molecular weight excluding hydrogens is 429 g/mol. The quantitative estimate of drug-likeness (QED) is 0.419. The second kappa shape index (κ2) is 9.05. The van der Waals surface area contributed by atoms with E-state index in [-0.39, 0.29) is 30.2 Å². The van der Waals surface area contributed by atoms with E-state index in [1.807, 2.05) is 0 Å². The van der Waals surface area contributed by atoms with Gasteiger partial charge in [0.15, 0.2) is 11.6 Å². The molecule has 0 saturated carbocycles. The fourth-order valence-corrected chi connectivity index (χ4v) is 3.55. The molecule has 2 aromatic carbocycles. The van der Waals surface area contributed by atoms with Crippen molar-refractivity contribution in [2.24, 2.45) is 0 Å². The van der Waals surface area contributed by atoms with E-state index < -0.39 is 23.4 Å². The zero-order valence-electron chi connectivity index (χ0n) is 15.9. The Balaban J connectivity index is 1.40. The minimum atomic E-state index is -0.976. The van der Waals surface area contributed by atoms with Crippen LogP contribution in [0.4, 0.5) is 13.2 Å². The van der Waals surface area contributed by atoms with E-state index in [0.717, 1.165) is 23.5 Å². The highest BCUT2D eigenvalue weighted by Crippen LogP contribution is 2.29. The predicted molar refractivity (Wildman–Crippen MR) is 108 cm³/mol. The number of rotatable bonds is 7. The fraction of sp³-hybridized carbons (Fsp3) is 0.0909. The summed E-state index contributed by atoms with van der Waals surface area (Å²) in [4.78, 5) is 16.4. The van der Waals surface area contributed by atoms with Crippen molar-refractivity contribution in [3.8, 4) is 16.3 Å². The predicted octanol–water partition coefficient (Wildman–Crippen LogP) is 5.33. The smallest absolute Gasteiger partial charge is 0.271 e. The van der Waals surface area contributed by atoms with Gasteiger partial charge < -0.3 is 14.5 Å². The summed E-state index contributed by atoms with van der Waals surface area (Å²) in [6.45, 7) is 0.171. The van der Waals surface area contributed by atoms with Crippen molar-refractivity contribution in [2.75, 3.05) is 0 Å². The minimum Gasteiger partial charge on any atom is -0.489 e. The SMILES string of the molecule is O=C(NCc1ccco1)c1csc(-c2ccc(OCc3ccc(F)c(F)c3)cc2F)n1. The van der Waals surface area contributed by atoms with E-state index in [9.17, 15) is 18.0 Å². The largest absolute Gasteiger partial charge is 0.489 e. The summed E-state index contributed by atoms with van der Waals surface area (Å²) < 4.78 is 51.4. The van der Waals surface area contributed by atoms with E-state index in [2.05, 4.69) is 10.3 Å². The van der Waals surface area contributed by atoms with Crippen molar-refractivity contribution in [1.29, 1.82) is 0 Å². The van der Waals surface area contributed by atoms with Gasteiger partial charge in [-0.05, 0) is 42.0 Å². The average molecular weight is 444 g/mol. The molecule has 0 atom stereocenters. The maximum atomic E-state index is 14.6. The van der Waals surface area contributed by atoms with Crippen molar-refractivity contribution in [2.45, 2.75) is 13.2 Å². The topological polar surface area (TPSA) is 64.4 Å². The Morgan fingerprint density at radius 2 is 1.94 bits per heavy atom. The number of nitrogens with zero attached hydrogens (tertiary/aromatic N) is 1. The van der Waals surface area contributed by atoms with Crippen LogP contribution < -0.4 is 10.1 Å². The highest BCUT2D eigenvalue weighted by Gasteiger charge is 2.15. The van der Waals surface area contributed by atoms with Crippen LogP contribution in [-0.2, 0) is 13.2 Å². The van der Waals surface area contributed by atoms with E-state index in [4.69, 9.17) is 9.15 Å². The number of hydrogen-bond acceptors (Lipinski definition) is 5. The molecule has 0 fully saturated rings. The Morgan fingerprint density at radius 1 is 1.06 bits per heavy atom. The van der Waals surface area contributed by atoms with Crippen molar-refractivity contribution >= 4 is 17.2 Å². The maximum absolute atomic E-state index is 14.6. The first-order valence-corrected chi connectivity index (χ1v) is 10.0. The lowest BCUT2D eigenvalue weighted by atomic mass is 10.2. The zero-order chi connectivity index (χ0) is 21.8. The van der Waals surface area contributed by atoms with Gasteiger partial charge in [-0.3, -0.25) is 4.79 Å². The number of aromatic nitrogens is 1. The molecule has 2 heterocycles. The number of ether oxygens (including phenoxy) is 1. The van der Waals surface area contributed by atoms with E-state index in [1.54, 1.807) is 17.5 Å². The first-order valence-electron chi connectivity index (χ1n) is 9.12. The third kappa shape index (κ3) is 4.95. The molecular formula is C22H15F3N2O3S. The van der Waals surface area contributed by atoms with Crippen molar-refractivity contribution in [3.05, 3.63) is 94.6 Å². The molecule has 1 N–H and O–H groups in total. The summed E-state index contributed by atoms with van der Waals surface area (Å²) in [7, 11) is 0. The first kappa shape index (κ1) is 20.7. The molecule has 158 valence electrons. The summed E-state index contributed by atoms with van der Waals surface area (Å²) in [5.74, 6) is -2.08. The zero-order valence-corrected chi connectivity index (χ0v) is 16.7. The molecule has 0 aliphatic carbocycles. The number of furan rings is 1. The third-order valence-electron chi connectivity index (χ3n) is 4.30. The van der Waals surface area contributed by atoms with Crippen LogP contribution in [0, 0.1) is 17.5 Å². The summed E-state index contributed by atoms with van der Waals surface area (Å²) in [6.07, 6.45) is 1.51. The molecule has 0 unspecified atom stereocenters. The summed E-state index contributed by atoms with van der Waals surface area (Å²) in [6, 6.07) is 11.1. The van der Waals surface area contributed by atoms with Crippen LogP contribution in [0.3, 0.4) is 0 Å². The van der Waals surface area contributed by atoms with Crippen LogP contribution in [0.25, 0.3) is 10.6 Å². The number of nitrogens with one attached hydrogen (secondary N) is 1. The number of amides is 1. The molecule has 31 heavy (non-hydrogen) atoms. The van der Waals surface area contributed by atoms with E-state index >= 15 is 0 Å². The molecule has 0 bridgehead atoms. The molecule has 0 aliphatic heterocycles. The van der Waals surface area contributed by atoms with Gasteiger partial charge in [-0.15, -0.1) is 11.3 Å². The lowest BCUT2D eigenvalue weighted by Gasteiger charge is -2.08. The molecule has 1 amide bonds. The van der Waals surface area contributed by atoms with Crippen LogP contribution in [0.15, 0.2) is 64.6 Å². The highest BCUT2D eigenvalue weighted by molar-refractivity contribution is 7.13. The van der Waals surface area contributed by atoms with Crippen molar-refractivity contribution in [1.82, 2.24) is 10.3 Å². The summed E-state index contributed by atoms with van der Waals surface area (Å²) in [5.41, 5.74) is 0.799. The molecule has 0 aliphatic rings. The van der Waals surface area contributed by atoms with E-state index in [0.29, 0.717) is 16.3 Å². The van der Waals surface area contributed by atoms with Gasteiger partial charge in [0.2, 0.25) is 0 Å². The van der Waals surface area contributed by atoms with Crippen LogP contribution in [0.1, 0.15) is 21.8 Å². The number of hydrogen-bond donors (Lipinski definition) is 1. The normalized spacial score (nSPS) is 10.8. The van der Waals surface area contributed by atoms with Crippen LogP contribution >= 0.6 is 11.3 Å². The second-order valence-electron chi connectivity index (χ2n) is 6.48. The Morgan fingerprint density at radius 3 is 2.68 bits per heavy atom. The Kier molecular flexibility index (Phi) is 6.03. The lowest BCUT2D eigenvalue weighted by Crippen LogP contribution is -2.22. The van der Waals surface area contributed by atoms with Crippen LogP contribution in [-0.4, -0.2) is 10.9 Å². The standard InChI is InChI=1S/C22H15F3N2O3S/c23-17-6-3-13(8-19(17)25)11-30-14-4-5-16(18(24)9-14)22-27-20(12-31-22)21(28)26-10-15-2-1-7-29-15/h1-9,12H,10-11H2,(H,26,28).